The third kappa shape index (κ3) is 9.97. The van der Waals surface area contributed by atoms with Gasteiger partial charge in [0.2, 0.25) is 11.8 Å². The van der Waals surface area contributed by atoms with Crippen LogP contribution in [0.2, 0.25) is 5.02 Å². The van der Waals surface area contributed by atoms with E-state index in [2.05, 4.69) is 15.5 Å². The topological polar surface area (TPSA) is 146 Å². The number of unbranched alkanes of at least 4 members (excludes halogenated alkanes) is 1. The molecule has 0 unspecified atom stereocenters. The molecule has 10 nitrogen and oxygen atoms in total. The first-order chi connectivity index (χ1) is 25.2. The molecule has 6 N–H and O–H groups in total. The summed E-state index contributed by atoms with van der Waals surface area (Å²) < 4.78 is 13.1. The van der Waals surface area contributed by atoms with Crippen LogP contribution >= 0.6 is 11.6 Å². The highest BCUT2D eigenvalue weighted by molar-refractivity contribution is 6.30. The predicted octanol–water partition coefficient (Wildman–Crippen LogP) is 7.08. The SMILES string of the molecule is Nc1ccccc1NC(=O)CCCCC(=O)Nc1cccc([C@@H]2O[C@H](CN3CCC(O)(c4ccc(Cl)cc4)CC3)C[C@H](c3ccc(CO)cc3)O2)c1. The Morgan fingerprint density at radius 1 is 0.846 bits per heavy atom. The highest BCUT2D eigenvalue weighted by Gasteiger charge is 2.37. The van der Waals surface area contributed by atoms with Crippen molar-refractivity contribution in [2.75, 3.05) is 36.0 Å². The van der Waals surface area contributed by atoms with Gasteiger partial charge in [0, 0.05) is 55.2 Å². The monoisotopic (exact) mass is 726 g/mol. The number of rotatable bonds is 13. The van der Waals surface area contributed by atoms with Crippen LogP contribution in [0.3, 0.4) is 0 Å². The maximum Gasteiger partial charge on any atom is 0.224 e. The number of amides is 2. The van der Waals surface area contributed by atoms with Gasteiger partial charge < -0.3 is 41.0 Å². The second-order valence-electron chi connectivity index (χ2n) is 13.7. The summed E-state index contributed by atoms with van der Waals surface area (Å²) in [7, 11) is 0. The fourth-order valence-electron chi connectivity index (χ4n) is 6.86. The second-order valence-corrected chi connectivity index (χ2v) is 14.1. The molecule has 0 radical (unpaired) electrons. The molecule has 274 valence electrons. The fraction of sp³-hybridized carbons (Fsp3) is 0.366. The highest BCUT2D eigenvalue weighted by Crippen LogP contribution is 2.40. The number of nitrogens with two attached hydrogens (primary N) is 1. The van der Waals surface area contributed by atoms with Crippen LogP contribution in [0.1, 0.15) is 79.6 Å². The summed E-state index contributed by atoms with van der Waals surface area (Å²) in [5.41, 5.74) is 10.2. The van der Waals surface area contributed by atoms with Crippen LogP contribution in [0.25, 0.3) is 0 Å². The number of nitrogens with zero attached hydrogens (tertiary/aromatic N) is 1. The number of halogens is 1. The summed E-state index contributed by atoms with van der Waals surface area (Å²) in [6, 6.07) is 29.8. The van der Waals surface area contributed by atoms with E-state index in [1.54, 1.807) is 12.1 Å². The maximum absolute atomic E-state index is 12.9. The van der Waals surface area contributed by atoms with Crippen LogP contribution in [0.4, 0.5) is 17.1 Å². The average Bonchev–Trinajstić information content (AvgIpc) is 3.15. The van der Waals surface area contributed by atoms with Gasteiger partial charge in [-0.15, -0.1) is 0 Å². The standard InChI is InChI=1S/C41H47ClN4O6/c42-32-18-16-31(17-19-32)41(50)20-22-46(23-21-41)26-34-25-37(29-14-12-28(27-47)13-15-29)52-40(51-34)30-6-5-7-33(24-30)44-38(48)10-3-4-11-39(49)45-36-9-2-1-8-35(36)43/h1-2,5-9,12-19,24,34,37,40,47,50H,3-4,10-11,20-23,25-27,43H2,(H,44,48)(H,45,49)/t34-,37+,40+/m0/s1. The Balaban J connectivity index is 1.05. The number of para-hydroxylation sites is 2. The van der Waals surface area contributed by atoms with E-state index in [9.17, 15) is 19.8 Å². The minimum atomic E-state index is -0.895. The van der Waals surface area contributed by atoms with Crippen LogP contribution in [-0.4, -0.2) is 52.7 Å². The van der Waals surface area contributed by atoms with Crippen LogP contribution < -0.4 is 16.4 Å². The Labute approximate surface area is 309 Å². The molecule has 4 aromatic rings. The Kier molecular flexibility index (Phi) is 12.6. The Bertz CT molecular complexity index is 1800. The summed E-state index contributed by atoms with van der Waals surface area (Å²) in [4.78, 5) is 27.5. The number of piperidine rings is 1. The number of ether oxygens (including phenoxy) is 2. The normalized spacial score (nSPS) is 20.2. The fourth-order valence-corrected chi connectivity index (χ4v) is 6.98. The number of nitrogens with one attached hydrogen (secondary N) is 2. The van der Waals surface area contributed by atoms with E-state index < -0.39 is 11.9 Å². The Morgan fingerprint density at radius 2 is 1.54 bits per heavy atom. The van der Waals surface area contributed by atoms with E-state index in [4.69, 9.17) is 26.8 Å². The minimum Gasteiger partial charge on any atom is -0.397 e. The van der Waals surface area contributed by atoms with Gasteiger partial charge in [0.1, 0.15) is 0 Å². The van der Waals surface area contributed by atoms with Crippen molar-refractivity contribution in [2.45, 2.75) is 75.7 Å². The molecule has 0 spiro atoms. The maximum atomic E-state index is 12.9. The molecule has 4 aromatic carbocycles. The van der Waals surface area contributed by atoms with E-state index >= 15 is 0 Å². The minimum absolute atomic E-state index is 0.0326. The van der Waals surface area contributed by atoms with Crippen molar-refractivity contribution in [1.82, 2.24) is 4.90 Å². The molecule has 2 aliphatic heterocycles. The van der Waals surface area contributed by atoms with Gasteiger partial charge in [-0.3, -0.25) is 9.59 Å². The van der Waals surface area contributed by atoms with Gasteiger partial charge in [0.15, 0.2) is 6.29 Å². The zero-order chi connectivity index (χ0) is 36.5. The number of hydrogen-bond donors (Lipinski definition) is 5. The molecule has 0 saturated carbocycles. The van der Waals surface area contributed by atoms with Crippen LogP contribution in [0.15, 0.2) is 97.1 Å². The Morgan fingerprint density at radius 3 is 2.23 bits per heavy atom. The van der Waals surface area contributed by atoms with Crippen molar-refractivity contribution >= 4 is 40.5 Å². The zero-order valence-corrected chi connectivity index (χ0v) is 29.9. The lowest BCUT2D eigenvalue weighted by Crippen LogP contribution is -2.46. The molecule has 2 fully saturated rings. The van der Waals surface area contributed by atoms with Crippen molar-refractivity contribution in [3.05, 3.63) is 124 Å². The Hall–Kier alpha value is -4.29. The molecule has 0 aliphatic carbocycles. The number of carbonyl (C=O) groups excluding carboxylic acids is 2. The van der Waals surface area contributed by atoms with Crippen molar-refractivity contribution in [3.8, 4) is 0 Å². The van der Waals surface area contributed by atoms with Crippen LogP contribution in [0.5, 0.6) is 0 Å². The number of anilines is 3. The zero-order valence-electron chi connectivity index (χ0n) is 29.2. The smallest absolute Gasteiger partial charge is 0.224 e. The molecule has 0 aromatic heterocycles. The van der Waals surface area contributed by atoms with Gasteiger partial charge in [-0.05, 0) is 78.8 Å². The van der Waals surface area contributed by atoms with E-state index in [0.717, 1.165) is 22.3 Å². The number of aliphatic hydroxyl groups excluding tert-OH is 1. The lowest BCUT2D eigenvalue weighted by molar-refractivity contribution is -0.253. The molecule has 2 saturated heterocycles. The second kappa shape index (κ2) is 17.5. The van der Waals surface area contributed by atoms with Crippen LogP contribution in [-0.2, 0) is 31.3 Å². The molecule has 11 heteroatoms. The first-order valence-corrected chi connectivity index (χ1v) is 18.3. The first kappa shape index (κ1) is 37.5. The van der Waals surface area contributed by atoms with E-state index in [-0.39, 0.29) is 37.0 Å². The number of nitrogen functional groups attached to an aromatic ring is 1. The molecule has 2 amide bonds. The molecule has 3 atom stereocenters. The number of likely N-dealkylation sites (tertiary alicyclic amines) is 1. The number of benzene rings is 4. The van der Waals surface area contributed by atoms with Crippen LogP contribution in [0, 0.1) is 0 Å². The number of aliphatic hydroxyl groups is 2. The van der Waals surface area contributed by atoms with Gasteiger partial charge in [0.05, 0.1) is 35.8 Å². The third-order valence-corrected chi connectivity index (χ3v) is 10.1. The van der Waals surface area contributed by atoms with E-state index in [0.29, 0.717) is 80.2 Å². The van der Waals surface area contributed by atoms with E-state index in [1.165, 1.54) is 0 Å². The van der Waals surface area contributed by atoms with Gasteiger partial charge in [-0.25, -0.2) is 0 Å². The number of hydrogen-bond acceptors (Lipinski definition) is 8. The lowest BCUT2D eigenvalue weighted by atomic mass is 9.84. The molecule has 2 aliphatic rings. The third-order valence-electron chi connectivity index (χ3n) is 9.88. The highest BCUT2D eigenvalue weighted by atomic mass is 35.5. The molecular formula is C41H47ClN4O6. The van der Waals surface area contributed by atoms with Gasteiger partial charge in [-0.2, -0.15) is 0 Å². The summed E-state index contributed by atoms with van der Waals surface area (Å²) in [5, 5.41) is 27.4. The quantitative estimate of drug-likeness (QED) is 0.0726. The van der Waals surface area contributed by atoms with Gasteiger partial charge >= 0.3 is 0 Å². The molecule has 2 heterocycles. The van der Waals surface area contributed by atoms with Gasteiger partial charge in [0.25, 0.3) is 0 Å². The average molecular weight is 727 g/mol. The van der Waals surface area contributed by atoms with Gasteiger partial charge in [-0.1, -0.05) is 72.3 Å². The lowest BCUT2D eigenvalue weighted by Gasteiger charge is -2.42. The number of carbonyl (C=O) groups is 2. The molecule has 0 bridgehead atoms. The van der Waals surface area contributed by atoms with E-state index in [1.807, 2.05) is 84.9 Å². The van der Waals surface area contributed by atoms with Crippen molar-refractivity contribution in [1.29, 1.82) is 0 Å². The summed E-state index contributed by atoms with van der Waals surface area (Å²) >= 11 is 6.08. The molecule has 52 heavy (non-hydrogen) atoms. The summed E-state index contributed by atoms with van der Waals surface area (Å²) in [6.45, 7) is 2.08. The summed E-state index contributed by atoms with van der Waals surface area (Å²) in [6.07, 6.45) is 2.46. The van der Waals surface area contributed by atoms with Crippen molar-refractivity contribution < 1.29 is 29.3 Å². The summed E-state index contributed by atoms with van der Waals surface area (Å²) in [5.74, 6) is -0.280. The molecule has 6 rings (SSSR count). The molecular weight excluding hydrogens is 680 g/mol. The predicted molar refractivity (Wildman–Crippen MR) is 202 cm³/mol. The van der Waals surface area contributed by atoms with Crippen molar-refractivity contribution in [2.24, 2.45) is 0 Å². The first-order valence-electron chi connectivity index (χ1n) is 17.9. The largest absolute Gasteiger partial charge is 0.397 e. The van der Waals surface area contributed by atoms with Crippen molar-refractivity contribution in [3.63, 3.8) is 0 Å².